The van der Waals surface area contributed by atoms with Gasteiger partial charge >= 0.3 is 12.4 Å². The number of carbonyl (C=O) groups excluding carboxylic acids is 2. The van der Waals surface area contributed by atoms with E-state index in [0.29, 0.717) is 50.9 Å². The zero-order valence-electron chi connectivity index (χ0n) is 24.1. The Labute approximate surface area is 251 Å². The Morgan fingerprint density at radius 3 is 1.91 bits per heavy atom. The van der Waals surface area contributed by atoms with E-state index >= 15 is 0 Å². The van der Waals surface area contributed by atoms with E-state index < -0.39 is 40.8 Å². The van der Waals surface area contributed by atoms with Gasteiger partial charge in [-0.25, -0.2) is 0 Å². The first-order valence-electron chi connectivity index (χ1n) is 14.5. The van der Waals surface area contributed by atoms with Gasteiger partial charge in [0.2, 0.25) is 11.8 Å². The summed E-state index contributed by atoms with van der Waals surface area (Å²) in [6.07, 6.45) is -7.76. The summed E-state index contributed by atoms with van der Waals surface area (Å²) in [7, 11) is 0. The number of anilines is 1. The Bertz CT molecular complexity index is 1440. The van der Waals surface area contributed by atoms with Crippen molar-refractivity contribution in [1.82, 2.24) is 10.2 Å². The van der Waals surface area contributed by atoms with Crippen LogP contribution in [-0.2, 0) is 27.5 Å². The van der Waals surface area contributed by atoms with Crippen molar-refractivity contribution in [3.05, 3.63) is 101 Å². The Balaban J connectivity index is 1.33. The van der Waals surface area contributed by atoms with Crippen molar-refractivity contribution >= 4 is 17.5 Å². The second-order valence-corrected chi connectivity index (χ2v) is 11.6. The third-order valence-corrected chi connectivity index (χ3v) is 8.84. The fourth-order valence-corrected chi connectivity index (χ4v) is 6.31. The third-order valence-electron chi connectivity index (χ3n) is 8.84. The molecule has 2 fully saturated rings. The van der Waals surface area contributed by atoms with E-state index in [0.717, 1.165) is 11.3 Å². The van der Waals surface area contributed by atoms with Crippen LogP contribution in [0.4, 0.5) is 32.0 Å². The monoisotopic (exact) mass is 617 g/mol. The van der Waals surface area contributed by atoms with Crippen molar-refractivity contribution in [3.8, 4) is 0 Å². The molecule has 3 aromatic rings. The maximum absolute atomic E-state index is 13.6. The molecule has 1 saturated carbocycles. The molecule has 5 nitrogen and oxygen atoms in total. The highest BCUT2D eigenvalue weighted by Crippen LogP contribution is 2.41. The van der Waals surface area contributed by atoms with Crippen LogP contribution in [0.25, 0.3) is 0 Å². The number of benzene rings is 3. The van der Waals surface area contributed by atoms with Gasteiger partial charge in [-0.1, -0.05) is 48.5 Å². The van der Waals surface area contributed by atoms with Gasteiger partial charge in [-0.2, -0.15) is 26.3 Å². The molecule has 1 aliphatic carbocycles. The minimum absolute atomic E-state index is 0.00351. The predicted molar refractivity (Wildman–Crippen MR) is 154 cm³/mol. The van der Waals surface area contributed by atoms with E-state index in [9.17, 15) is 35.9 Å². The molecule has 3 aromatic carbocycles. The maximum Gasteiger partial charge on any atom is 0.416 e. The van der Waals surface area contributed by atoms with Crippen molar-refractivity contribution in [2.75, 3.05) is 24.5 Å². The summed E-state index contributed by atoms with van der Waals surface area (Å²) in [5.41, 5.74) is -2.48. The van der Waals surface area contributed by atoms with Crippen LogP contribution in [0.5, 0.6) is 0 Å². The number of halogens is 6. The van der Waals surface area contributed by atoms with Gasteiger partial charge in [0.25, 0.3) is 0 Å². The van der Waals surface area contributed by atoms with Crippen LogP contribution in [0.1, 0.15) is 60.8 Å². The van der Waals surface area contributed by atoms with E-state index in [-0.39, 0.29) is 30.1 Å². The number of piperazine rings is 1. The average molecular weight is 618 g/mol. The Morgan fingerprint density at radius 2 is 1.39 bits per heavy atom. The van der Waals surface area contributed by atoms with Crippen molar-refractivity contribution in [2.45, 2.75) is 62.5 Å². The van der Waals surface area contributed by atoms with Gasteiger partial charge in [-0.3, -0.25) is 14.5 Å². The van der Waals surface area contributed by atoms with Crippen LogP contribution in [-0.4, -0.2) is 42.4 Å². The molecule has 0 bridgehead atoms. The highest BCUT2D eigenvalue weighted by Gasteiger charge is 2.42. The van der Waals surface area contributed by atoms with Crippen molar-refractivity contribution in [1.29, 1.82) is 0 Å². The molecule has 0 spiro atoms. The van der Waals surface area contributed by atoms with E-state index in [1.54, 1.807) is 4.90 Å². The molecule has 11 heteroatoms. The van der Waals surface area contributed by atoms with E-state index in [1.165, 1.54) is 6.92 Å². The molecule has 1 N–H and O–H groups in total. The molecule has 0 radical (unpaired) electrons. The topological polar surface area (TPSA) is 52.7 Å². The summed E-state index contributed by atoms with van der Waals surface area (Å²) in [5.74, 6) is -1.93. The highest BCUT2D eigenvalue weighted by atomic mass is 19.4. The largest absolute Gasteiger partial charge is 0.416 e. The maximum atomic E-state index is 13.6. The number of nitrogens with zero attached hydrogens (tertiary/aromatic N) is 2. The quantitative estimate of drug-likeness (QED) is 0.300. The summed E-state index contributed by atoms with van der Waals surface area (Å²) in [5, 5.41) is 3.03. The lowest BCUT2D eigenvalue weighted by atomic mass is 9.74. The van der Waals surface area contributed by atoms with Gasteiger partial charge in [0.1, 0.15) is 0 Å². The summed E-state index contributed by atoms with van der Waals surface area (Å²) >= 11 is 0. The normalized spacial score (nSPS) is 22.5. The van der Waals surface area contributed by atoms with E-state index in [1.807, 2.05) is 60.7 Å². The van der Waals surface area contributed by atoms with E-state index in [2.05, 4.69) is 10.2 Å². The summed E-state index contributed by atoms with van der Waals surface area (Å²) in [6, 6.07) is 20.0. The van der Waals surface area contributed by atoms with Gasteiger partial charge in [0, 0.05) is 24.8 Å². The number of nitrogens with one attached hydrogen (secondary N) is 1. The molecule has 234 valence electrons. The van der Waals surface area contributed by atoms with Crippen molar-refractivity contribution in [2.24, 2.45) is 0 Å². The number of hydrogen-bond acceptors (Lipinski definition) is 3. The lowest BCUT2D eigenvalue weighted by Gasteiger charge is -2.46. The van der Waals surface area contributed by atoms with Gasteiger partial charge in [0.05, 0.1) is 29.1 Å². The molecule has 44 heavy (non-hydrogen) atoms. The predicted octanol–water partition coefficient (Wildman–Crippen LogP) is 7.13. The van der Waals surface area contributed by atoms with Crippen LogP contribution in [0.15, 0.2) is 78.9 Å². The van der Waals surface area contributed by atoms with Crippen LogP contribution in [0, 0.1) is 0 Å². The molecule has 1 atom stereocenters. The summed E-state index contributed by atoms with van der Waals surface area (Å²) in [4.78, 5) is 30.5. The second-order valence-electron chi connectivity index (χ2n) is 11.6. The number of para-hydroxylation sites is 1. The molecule has 1 heterocycles. The molecule has 1 saturated heterocycles. The molecule has 2 aliphatic rings. The lowest BCUT2D eigenvalue weighted by Crippen LogP contribution is -2.57. The zero-order chi connectivity index (χ0) is 31.7. The second kappa shape index (κ2) is 12.3. The van der Waals surface area contributed by atoms with Gasteiger partial charge in [0.15, 0.2) is 0 Å². The fourth-order valence-electron chi connectivity index (χ4n) is 6.31. The van der Waals surface area contributed by atoms with Crippen LogP contribution >= 0.6 is 0 Å². The lowest BCUT2D eigenvalue weighted by molar-refractivity contribution is -0.143. The number of hydrogen-bond donors (Lipinski definition) is 1. The Morgan fingerprint density at radius 1 is 0.841 bits per heavy atom. The smallest absolute Gasteiger partial charge is 0.346 e. The minimum atomic E-state index is -5.01. The molecule has 2 amide bonds. The minimum Gasteiger partial charge on any atom is -0.346 e. The van der Waals surface area contributed by atoms with Crippen molar-refractivity contribution in [3.63, 3.8) is 0 Å². The number of carbonyl (C=O) groups is 2. The Kier molecular flexibility index (Phi) is 8.80. The summed E-state index contributed by atoms with van der Waals surface area (Å²) < 4.78 is 80.9. The van der Waals surface area contributed by atoms with Crippen LogP contribution in [0.2, 0.25) is 0 Å². The fraction of sp³-hybridized carbons (Fsp3) is 0.394. The molecular weight excluding hydrogens is 584 g/mol. The van der Waals surface area contributed by atoms with Crippen LogP contribution < -0.4 is 10.2 Å². The van der Waals surface area contributed by atoms with Gasteiger partial charge in [-0.05, 0) is 74.1 Å². The Hall–Kier alpha value is -3.86. The first-order valence-corrected chi connectivity index (χ1v) is 14.5. The standard InChI is InChI=1S/C33H33F6N3O2/c1-22(23-18-25(32(34,35)36)20-26(19-23)33(37,38)39)30(44)40-31(24-8-4-2-5-9-24)14-12-27(13-15-31)41-16-17-42(29(43)21-41)28-10-6-3-7-11-28/h2-11,18-20,22,27H,12-17,21H2,1H3,(H,40,44). The van der Waals surface area contributed by atoms with E-state index in [4.69, 9.17) is 0 Å². The first kappa shape index (κ1) is 31.6. The molecule has 0 aromatic heterocycles. The molecule has 1 unspecified atom stereocenters. The molecule has 1 aliphatic heterocycles. The van der Waals surface area contributed by atoms with Gasteiger partial charge < -0.3 is 10.2 Å². The first-order chi connectivity index (χ1) is 20.8. The number of alkyl halides is 6. The average Bonchev–Trinajstić information content (AvgIpc) is 3.00. The zero-order valence-corrected chi connectivity index (χ0v) is 24.1. The third kappa shape index (κ3) is 6.77. The number of rotatable bonds is 6. The van der Waals surface area contributed by atoms with Crippen molar-refractivity contribution < 1.29 is 35.9 Å². The van der Waals surface area contributed by atoms with Gasteiger partial charge in [-0.15, -0.1) is 0 Å². The SMILES string of the molecule is CC(C(=O)NC1(c2ccccc2)CCC(N2CCN(c3ccccc3)C(=O)C2)CC1)c1cc(C(F)(F)F)cc(C(F)(F)F)c1. The van der Waals surface area contributed by atoms with Crippen LogP contribution in [0.3, 0.4) is 0 Å². The molecular formula is C33H33F6N3O2. The molecule has 5 rings (SSSR count). The highest BCUT2D eigenvalue weighted by molar-refractivity contribution is 5.95. The number of amides is 2. The summed E-state index contributed by atoms with van der Waals surface area (Å²) in [6.45, 7) is 2.81.